The van der Waals surface area contributed by atoms with Gasteiger partial charge in [-0.2, -0.15) is 0 Å². The summed E-state index contributed by atoms with van der Waals surface area (Å²) in [5, 5.41) is 21.4. The summed E-state index contributed by atoms with van der Waals surface area (Å²) in [5.41, 5.74) is -0.585. The summed E-state index contributed by atoms with van der Waals surface area (Å²) in [7, 11) is 0. The van der Waals surface area contributed by atoms with Gasteiger partial charge in [0, 0.05) is 30.3 Å². The highest BCUT2D eigenvalue weighted by Gasteiger charge is 2.62. The van der Waals surface area contributed by atoms with Gasteiger partial charge in [0.1, 0.15) is 12.2 Å². The summed E-state index contributed by atoms with van der Waals surface area (Å²) in [4.78, 5) is 23.0. The van der Waals surface area contributed by atoms with Gasteiger partial charge in [-0.15, -0.1) is 0 Å². The number of aliphatic hydroxyl groups is 2. The van der Waals surface area contributed by atoms with E-state index in [1.54, 1.807) is 6.92 Å². The zero-order chi connectivity index (χ0) is 16.2. The molecular formula is C16H22O6. The lowest BCUT2D eigenvalue weighted by Gasteiger charge is -2.40. The fourth-order valence-electron chi connectivity index (χ4n) is 4.55. The Balaban J connectivity index is 1.95. The van der Waals surface area contributed by atoms with Crippen LogP contribution in [0.1, 0.15) is 33.1 Å². The van der Waals surface area contributed by atoms with Crippen LogP contribution < -0.4 is 0 Å². The number of fused-ring (bicyclic) bond motifs is 2. The van der Waals surface area contributed by atoms with Gasteiger partial charge < -0.3 is 19.7 Å². The largest absolute Gasteiger partial charge is 0.462 e. The van der Waals surface area contributed by atoms with Crippen molar-refractivity contribution in [3.8, 4) is 0 Å². The van der Waals surface area contributed by atoms with E-state index in [0.29, 0.717) is 19.3 Å². The SMILES string of the molecule is C=C1C(=O)O[C@@H]2CC[C@@H]3[C@@H](OC(C)=O)C[C@@H](O)[C@@]3(C)[C@@H](O)[C@H]12. The van der Waals surface area contributed by atoms with Crippen molar-refractivity contribution in [1.82, 2.24) is 0 Å². The van der Waals surface area contributed by atoms with Gasteiger partial charge in [-0.05, 0) is 12.8 Å². The number of hydrogen-bond donors (Lipinski definition) is 2. The van der Waals surface area contributed by atoms with E-state index in [1.807, 2.05) is 0 Å². The van der Waals surface area contributed by atoms with Crippen LogP contribution in [0.25, 0.3) is 0 Å². The molecule has 3 aliphatic rings. The van der Waals surface area contributed by atoms with Crippen LogP contribution in [-0.2, 0) is 19.1 Å². The summed E-state index contributed by atoms with van der Waals surface area (Å²) in [6.45, 7) is 6.89. The zero-order valence-electron chi connectivity index (χ0n) is 12.8. The first kappa shape index (κ1) is 15.5. The molecule has 0 aromatic carbocycles. The topological polar surface area (TPSA) is 93.1 Å². The first-order valence-electron chi connectivity index (χ1n) is 7.70. The summed E-state index contributed by atoms with van der Waals surface area (Å²) < 4.78 is 10.7. The van der Waals surface area contributed by atoms with E-state index in [0.717, 1.165) is 0 Å². The molecule has 2 aliphatic carbocycles. The molecule has 0 spiro atoms. The third-order valence-electron chi connectivity index (χ3n) is 5.80. The number of aliphatic hydroxyl groups excluding tert-OH is 2. The second-order valence-electron chi connectivity index (χ2n) is 6.89. The van der Waals surface area contributed by atoms with Crippen LogP contribution in [0.15, 0.2) is 12.2 Å². The van der Waals surface area contributed by atoms with Gasteiger partial charge in [0.05, 0.1) is 18.1 Å². The van der Waals surface area contributed by atoms with Crippen molar-refractivity contribution in [2.75, 3.05) is 0 Å². The van der Waals surface area contributed by atoms with Crippen molar-refractivity contribution in [1.29, 1.82) is 0 Å². The summed E-state index contributed by atoms with van der Waals surface area (Å²) in [6.07, 6.45) is -1.12. The van der Waals surface area contributed by atoms with Gasteiger partial charge >= 0.3 is 11.9 Å². The van der Waals surface area contributed by atoms with Crippen LogP contribution >= 0.6 is 0 Å². The molecular weight excluding hydrogens is 288 g/mol. The van der Waals surface area contributed by atoms with Gasteiger partial charge in [-0.25, -0.2) is 4.79 Å². The second kappa shape index (κ2) is 5.06. The van der Waals surface area contributed by atoms with Crippen LogP contribution in [0, 0.1) is 17.3 Å². The zero-order valence-corrected chi connectivity index (χ0v) is 12.8. The minimum Gasteiger partial charge on any atom is -0.462 e. The molecule has 0 bridgehead atoms. The lowest BCUT2D eigenvalue weighted by molar-refractivity contribution is -0.150. The molecule has 0 aromatic heterocycles. The number of esters is 2. The second-order valence-corrected chi connectivity index (χ2v) is 6.89. The molecule has 0 amide bonds. The van der Waals surface area contributed by atoms with E-state index >= 15 is 0 Å². The lowest BCUT2D eigenvalue weighted by atomic mass is 9.69. The van der Waals surface area contributed by atoms with Gasteiger partial charge in [0.15, 0.2) is 0 Å². The Labute approximate surface area is 129 Å². The standard InChI is InChI=1S/C16H22O6/c1-7-13-10(22-15(7)20)5-4-9-11(21-8(2)17)6-12(18)16(9,3)14(13)19/h9-14,18-19H,1,4-6H2,2-3H3/t9-,10-,11+,12-,13-,14+,16+/m1/s1. The minimum absolute atomic E-state index is 0.168. The molecule has 122 valence electrons. The molecule has 22 heavy (non-hydrogen) atoms. The average molecular weight is 310 g/mol. The maximum atomic E-state index is 11.7. The van der Waals surface area contributed by atoms with E-state index in [4.69, 9.17) is 9.47 Å². The molecule has 6 heteroatoms. The van der Waals surface area contributed by atoms with Gasteiger partial charge in [0.2, 0.25) is 0 Å². The molecule has 1 aliphatic heterocycles. The quantitative estimate of drug-likeness (QED) is 0.543. The molecule has 0 unspecified atom stereocenters. The highest BCUT2D eigenvalue weighted by molar-refractivity contribution is 5.91. The monoisotopic (exact) mass is 310 g/mol. The number of hydrogen-bond acceptors (Lipinski definition) is 6. The predicted octanol–water partition coefficient (Wildman–Crippen LogP) is 0.558. The van der Waals surface area contributed by atoms with E-state index in [-0.39, 0.29) is 11.5 Å². The van der Waals surface area contributed by atoms with E-state index in [2.05, 4.69) is 6.58 Å². The fourth-order valence-corrected chi connectivity index (χ4v) is 4.55. The van der Waals surface area contributed by atoms with Gasteiger partial charge in [0.25, 0.3) is 0 Å². The summed E-state index contributed by atoms with van der Waals surface area (Å²) in [6, 6.07) is 0. The average Bonchev–Trinajstić information content (AvgIpc) is 2.79. The molecule has 0 radical (unpaired) electrons. The normalized spacial score (nSPS) is 47.5. The van der Waals surface area contributed by atoms with E-state index in [1.165, 1.54) is 6.92 Å². The summed E-state index contributed by atoms with van der Waals surface area (Å²) in [5.74, 6) is -1.54. The number of carbonyl (C=O) groups is 2. The molecule has 2 saturated carbocycles. The maximum absolute atomic E-state index is 11.7. The van der Waals surface area contributed by atoms with Crippen LogP contribution in [0.5, 0.6) is 0 Å². The Kier molecular flexibility index (Phi) is 3.57. The van der Waals surface area contributed by atoms with Crippen molar-refractivity contribution in [2.45, 2.75) is 57.5 Å². The first-order valence-corrected chi connectivity index (χ1v) is 7.70. The Hall–Kier alpha value is -1.40. The van der Waals surface area contributed by atoms with Crippen molar-refractivity contribution in [3.63, 3.8) is 0 Å². The van der Waals surface area contributed by atoms with Gasteiger partial charge in [-0.1, -0.05) is 13.5 Å². The molecule has 1 saturated heterocycles. The van der Waals surface area contributed by atoms with Crippen molar-refractivity contribution in [2.24, 2.45) is 17.3 Å². The van der Waals surface area contributed by atoms with Crippen molar-refractivity contribution >= 4 is 11.9 Å². The fraction of sp³-hybridized carbons (Fsp3) is 0.750. The molecule has 7 atom stereocenters. The first-order chi connectivity index (χ1) is 10.3. The van der Waals surface area contributed by atoms with E-state index < -0.39 is 47.7 Å². The summed E-state index contributed by atoms with van der Waals surface area (Å²) >= 11 is 0. The third kappa shape index (κ3) is 2.01. The van der Waals surface area contributed by atoms with Crippen LogP contribution in [0.4, 0.5) is 0 Å². The number of rotatable bonds is 1. The highest BCUT2D eigenvalue weighted by atomic mass is 16.6. The maximum Gasteiger partial charge on any atom is 0.334 e. The van der Waals surface area contributed by atoms with E-state index in [9.17, 15) is 19.8 Å². The predicted molar refractivity (Wildman–Crippen MR) is 75.5 cm³/mol. The molecule has 2 N–H and O–H groups in total. The highest BCUT2D eigenvalue weighted by Crippen LogP contribution is 2.55. The number of ether oxygens (including phenoxy) is 2. The molecule has 3 fully saturated rings. The van der Waals surface area contributed by atoms with Crippen LogP contribution in [0.3, 0.4) is 0 Å². The van der Waals surface area contributed by atoms with Crippen molar-refractivity contribution in [3.05, 3.63) is 12.2 Å². The third-order valence-corrected chi connectivity index (χ3v) is 5.80. The lowest BCUT2D eigenvalue weighted by Crippen LogP contribution is -2.48. The molecule has 6 nitrogen and oxygen atoms in total. The Bertz CT molecular complexity index is 529. The molecule has 3 rings (SSSR count). The Morgan fingerprint density at radius 1 is 1.41 bits per heavy atom. The Morgan fingerprint density at radius 3 is 2.73 bits per heavy atom. The Morgan fingerprint density at radius 2 is 2.09 bits per heavy atom. The van der Waals surface area contributed by atoms with Crippen LogP contribution in [0.2, 0.25) is 0 Å². The minimum atomic E-state index is -0.959. The van der Waals surface area contributed by atoms with Gasteiger partial charge in [-0.3, -0.25) is 4.79 Å². The van der Waals surface area contributed by atoms with Crippen molar-refractivity contribution < 1.29 is 29.3 Å². The smallest absolute Gasteiger partial charge is 0.334 e. The number of carbonyl (C=O) groups excluding carboxylic acids is 2. The van der Waals surface area contributed by atoms with Crippen LogP contribution in [-0.4, -0.2) is 46.6 Å². The molecule has 0 aromatic rings. The molecule has 1 heterocycles.